The number of aliphatic hydroxyl groups is 3. The normalized spacial score (nSPS) is 32.3. The Morgan fingerprint density at radius 1 is 1.29 bits per heavy atom. The van der Waals surface area contributed by atoms with Crippen LogP contribution in [-0.4, -0.2) is 74.4 Å². The van der Waals surface area contributed by atoms with Gasteiger partial charge in [0.05, 0.1) is 32.3 Å². The molecule has 0 aromatic carbocycles. The fourth-order valence-electron chi connectivity index (χ4n) is 3.61. The van der Waals surface area contributed by atoms with Gasteiger partial charge in [-0.3, -0.25) is 14.3 Å². The average Bonchev–Trinajstić information content (AvgIpc) is 3.08. The summed E-state index contributed by atoms with van der Waals surface area (Å²) in [7, 11) is 2.06. The fourth-order valence-corrected chi connectivity index (χ4v) is 3.61. The maximum Gasteiger partial charge on any atom is 0.330 e. The Bertz CT molecular complexity index is 708. The molecule has 4 atom stereocenters. The summed E-state index contributed by atoms with van der Waals surface area (Å²) in [4.78, 5) is 26.5. The van der Waals surface area contributed by atoms with Crippen molar-refractivity contribution in [3.05, 3.63) is 32.6 Å². The minimum Gasteiger partial charge on any atom is -0.394 e. The van der Waals surface area contributed by atoms with Crippen LogP contribution in [0.3, 0.4) is 0 Å². The molecule has 9 heteroatoms. The number of aliphatic hydroxyl groups excluding tert-OH is 3. The topological polar surface area (TPSA) is 125 Å². The van der Waals surface area contributed by atoms with E-state index in [1.165, 1.54) is 6.20 Å². The van der Waals surface area contributed by atoms with Gasteiger partial charge in [-0.15, -0.1) is 0 Å². The summed E-state index contributed by atoms with van der Waals surface area (Å²) in [6.45, 7) is 1.93. The lowest BCUT2D eigenvalue weighted by Crippen LogP contribution is -2.44. The standard InChI is InChI=1S/C15H23N3O6/c1-18(4-2-3-5-18)7-9-6-17(15(23)16-13(9)22)14-12(21)11(20)10(8-19)24-14/h6,10-12,14,19-21H,2-5,7-8H2,1H3/p+1/t10-,11?,12+,14-/m1/s1. The van der Waals surface area contributed by atoms with Crippen molar-refractivity contribution in [3.63, 3.8) is 0 Å². The third-order valence-electron chi connectivity index (χ3n) is 5.03. The van der Waals surface area contributed by atoms with E-state index in [0.29, 0.717) is 12.1 Å². The molecular formula is C15H24N3O6+. The van der Waals surface area contributed by atoms with Gasteiger partial charge in [-0.2, -0.15) is 0 Å². The smallest absolute Gasteiger partial charge is 0.330 e. The number of quaternary nitrogens is 1. The Labute approximate surface area is 138 Å². The van der Waals surface area contributed by atoms with Gasteiger partial charge in [-0.1, -0.05) is 0 Å². The van der Waals surface area contributed by atoms with Gasteiger partial charge in [-0.25, -0.2) is 4.79 Å². The van der Waals surface area contributed by atoms with Gasteiger partial charge >= 0.3 is 5.69 Å². The summed E-state index contributed by atoms with van der Waals surface area (Å²) in [5.41, 5.74) is -0.742. The Morgan fingerprint density at radius 3 is 2.54 bits per heavy atom. The fraction of sp³-hybridized carbons (Fsp3) is 0.733. The van der Waals surface area contributed by atoms with Crippen LogP contribution in [0.1, 0.15) is 24.6 Å². The molecule has 0 amide bonds. The Balaban J connectivity index is 1.93. The number of aromatic nitrogens is 2. The third-order valence-corrected chi connectivity index (χ3v) is 5.03. The minimum atomic E-state index is -1.37. The molecule has 3 heterocycles. The zero-order chi connectivity index (χ0) is 17.5. The van der Waals surface area contributed by atoms with Crippen LogP contribution < -0.4 is 11.2 Å². The molecule has 0 bridgehead atoms. The molecule has 0 spiro atoms. The van der Waals surface area contributed by atoms with E-state index in [0.717, 1.165) is 35.0 Å². The average molecular weight is 342 g/mol. The zero-order valence-corrected chi connectivity index (χ0v) is 13.6. The van der Waals surface area contributed by atoms with E-state index in [1.54, 1.807) is 0 Å². The first kappa shape index (κ1) is 17.3. The first-order valence-electron chi connectivity index (χ1n) is 8.15. The molecule has 2 saturated heterocycles. The van der Waals surface area contributed by atoms with Crippen LogP contribution in [-0.2, 0) is 11.3 Å². The molecular weight excluding hydrogens is 318 g/mol. The van der Waals surface area contributed by atoms with E-state index in [4.69, 9.17) is 9.84 Å². The van der Waals surface area contributed by atoms with Gasteiger partial charge in [0.1, 0.15) is 24.9 Å². The lowest BCUT2D eigenvalue weighted by molar-refractivity contribution is -0.911. The molecule has 9 nitrogen and oxygen atoms in total. The summed E-state index contributed by atoms with van der Waals surface area (Å²) in [6.07, 6.45) is -1.20. The molecule has 2 aliphatic heterocycles. The SMILES string of the molecule is C[N+]1(Cc2cn([C@@H]3O[C@H](CO)C(O)[C@@H]3O)c(=O)[nH]c2=O)CCCC1. The van der Waals surface area contributed by atoms with Crippen LogP contribution in [0, 0.1) is 0 Å². The number of H-pyrrole nitrogens is 1. The quantitative estimate of drug-likeness (QED) is 0.464. The summed E-state index contributed by atoms with van der Waals surface area (Å²) in [5, 5.41) is 29.1. The van der Waals surface area contributed by atoms with Gasteiger partial charge in [0.2, 0.25) is 0 Å². The monoisotopic (exact) mass is 342 g/mol. The lowest BCUT2D eigenvalue weighted by atomic mass is 10.1. The van der Waals surface area contributed by atoms with E-state index in [-0.39, 0.29) is 0 Å². The third kappa shape index (κ3) is 3.05. The van der Waals surface area contributed by atoms with Crippen molar-refractivity contribution < 1.29 is 24.5 Å². The second kappa shape index (κ2) is 6.41. The number of likely N-dealkylation sites (tertiary alicyclic amines) is 1. The number of rotatable bonds is 4. The van der Waals surface area contributed by atoms with Crippen LogP contribution in [0.15, 0.2) is 15.8 Å². The largest absolute Gasteiger partial charge is 0.394 e. The summed E-state index contributed by atoms with van der Waals surface area (Å²) in [5.74, 6) is 0. The molecule has 1 aromatic heterocycles. The summed E-state index contributed by atoms with van der Waals surface area (Å²) in [6, 6.07) is 0. The Hall–Kier alpha value is -1.52. The maximum absolute atomic E-state index is 12.1. The molecule has 1 aromatic rings. The molecule has 4 N–H and O–H groups in total. The predicted molar refractivity (Wildman–Crippen MR) is 83.2 cm³/mol. The molecule has 0 aliphatic carbocycles. The molecule has 24 heavy (non-hydrogen) atoms. The van der Waals surface area contributed by atoms with Crippen LogP contribution in [0.5, 0.6) is 0 Å². The van der Waals surface area contributed by atoms with E-state index < -0.39 is 42.4 Å². The van der Waals surface area contributed by atoms with E-state index in [1.807, 2.05) is 0 Å². The number of nitrogens with zero attached hydrogens (tertiary/aromatic N) is 2. The summed E-state index contributed by atoms with van der Waals surface area (Å²) >= 11 is 0. The van der Waals surface area contributed by atoms with Gasteiger partial charge < -0.3 is 24.5 Å². The molecule has 3 rings (SSSR count). The predicted octanol–water partition coefficient (Wildman–Crippen LogP) is -2.11. The minimum absolute atomic E-state index is 0.428. The van der Waals surface area contributed by atoms with Gasteiger partial charge in [0.15, 0.2) is 6.23 Å². The van der Waals surface area contributed by atoms with E-state index in [2.05, 4.69) is 12.0 Å². The van der Waals surface area contributed by atoms with Crippen LogP contribution in [0.4, 0.5) is 0 Å². The van der Waals surface area contributed by atoms with Crippen LogP contribution >= 0.6 is 0 Å². The summed E-state index contributed by atoms with van der Waals surface area (Å²) < 4.78 is 7.18. The second-order valence-electron chi connectivity index (χ2n) is 6.98. The zero-order valence-electron chi connectivity index (χ0n) is 13.6. The molecule has 0 radical (unpaired) electrons. The molecule has 134 valence electrons. The van der Waals surface area contributed by atoms with Crippen molar-refractivity contribution in [3.8, 4) is 0 Å². The number of ether oxygens (including phenoxy) is 1. The van der Waals surface area contributed by atoms with Crippen LogP contribution in [0.25, 0.3) is 0 Å². The second-order valence-corrected chi connectivity index (χ2v) is 6.98. The van der Waals surface area contributed by atoms with Crippen LogP contribution in [0.2, 0.25) is 0 Å². The highest BCUT2D eigenvalue weighted by Crippen LogP contribution is 2.28. The Kier molecular flexibility index (Phi) is 4.63. The van der Waals surface area contributed by atoms with Crippen molar-refractivity contribution in [2.24, 2.45) is 0 Å². The highest BCUT2D eigenvalue weighted by Gasteiger charge is 2.44. The van der Waals surface area contributed by atoms with Crippen molar-refractivity contribution in [2.75, 3.05) is 26.7 Å². The first-order valence-corrected chi connectivity index (χ1v) is 8.15. The lowest BCUT2D eigenvalue weighted by Gasteiger charge is -2.29. The van der Waals surface area contributed by atoms with Gasteiger partial charge in [-0.05, 0) is 0 Å². The van der Waals surface area contributed by atoms with Crippen molar-refractivity contribution >= 4 is 0 Å². The first-order chi connectivity index (χ1) is 11.3. The molecule has 2 fully saturated rings. The van der Waals surface area contributed by atoms with Crippen molar-refractivity contribution in [2.45, 2.75) is 43.9 Å². The molecule has 1 unspecified atom stereocenters. The van der Waals surface area contributed by atoms with E-state index in [9.17, 15) is 19.8 Å². The van der Waals surface area contributed by atoms with Crippen molar-refractivity contribution in [1.29, 1.82) is 0 Å². The van der Waals surface area contributed by atoms with Gasteiger partial charge in [0, 0.05) is 19.0 Å². The number of nitrogens with one attached hydrogen (secondary N) is 1. The van der Waals surface area contributed by atoms with Gasteiger partial charge in [0.25, 0.3) is 5.56 Å². The molecule has 2 aliphatic rings. The highest BCUT2D eigenvalue weighted by atomic mass is 16.6. The maximum atomic E-state index is 12.1. The number of aromatic amines is 1. The number of hydrogen-bond donors (Lipinski definition) is 4. The molecule has 0 saturated carbocycles. The Morgan fingerprint density at radius 2 is 1.96 bits per heavy atom. The van der Waals surface area contributed by atoms with E-state index >= 15 is 0 Å². The highest BCUT2D eigenvalue weighted by molar-refractivity contribution is 5.05. The van der Waals surface area contributed by atoms with Crippen molar-refractivity contribution in [1.82, 2.24) is 9.55 Å². The number of hydrogen-bond acceptors (Lipinski definition) is 6.